The van der Waals surface area contributed by atoms with E-state index in [1.807, 2.05) is 49.4 Å². The van der Waals surface area contributed by atoms with E-state index >= 15 is 0 Å². The normalized spacial score (nSPS) is 11.1. The zero-order valence-corrected chi connectivity index (χ0v) is 20.9. The van der Waals surface area contributed by atoms with Crippen LogP contribution >= 0.6 is 35.1 Å². The molecule has 0 aliphatic carbocycles. The van der Waals surface area contributed by atoms with E-state index in [0.717, 1.165) is 45.8 Å². The summed E-state index contributed by atoms with van der Waals surface area (Å²) >= 11 is 2.95. The lowest BCUT2D eigenvalue weighted by Crippen LogP contribution is -2.38. The van der Waals surface area contributed by atoms with Gasteiger partial charge in [-0.15, -0.1) is 23.7 Å². The fourth-order valence-corrected chi connectivity index (χ4v) is 5.34. The summed E-state index contributed by atoms with van der Waals surface area (Å²) in [6.07, 6.45) is 0. The number of amides is 1. The van der Waals surface area contributed by atoms with Gasteiger partial charge in [-0.25, -0.2) is 9.97 Å². The number of carbonyl (C=O) groups is 1. The number of thiazole rings is 2. The first kappa shape index (κ1) is 24.4. The number of halogens is 1. The third-order valence-electron chi connectivity index (χ3n) is 5.15. The highest BCUT2D eigenvalue weighted by Gasteiger charge is 2.25. The van der Waals surface area contributed by atoms with Crippen molar-refractivity contribution >= 4 is 66.6 Å². The lowest BCUT2D eigenvalue weighted by atomic mass is 10.3. The van der Waals surface area contributed by atoms with Gasteiger partial charge in [0.2, 0.25) is 0 Å². The Bertz CT molecular complexity index is 1160. The molecule has 0 unspecified atom stereocenters. The van der Waals surface area contributed by atoms with E-state index in [1.54, 1.807) is 4.90 Å². The molecule has 2 heterocycles. The van der Waals surface area contributed by atoms with Crippen molar-refractivity contribution in [1.29, 1.82) is 0 Å². The molecule has 4 aromatic rings. The van der Waals surface area contributed by atoms with Crippen molar-refractivity contribution in [2.75, 3.05) is 37.7 Å². The van der Waals surface area contributed by atoms with Gasteiger partial charge >= 0.3 is 0 Å². The Labute approximate surface area is 202 Å². The highest BCUT2D eigenvalue weighted by atomic mass is 35.5. The van der Waals surface area contributed by atoms with Crippen molar-refractivity contribution in [3.63, 3.8) is 0 Å². The molecule has 0 aliphatic rings. The van der Waals surface area contributed by atoms with Crippen molar-refractivity contribution in [3.8, 4) is 5.75 Å². The quantitative estimate of drug-likeness (QED) is 0.300. The monoisotopic (exact) mass is 490 g/mol. The average Bonchev–Trinajstić information content (AvgIpc) is 3.40. The Kier molecular flexibility index (Phi) is 8.42. The SMILES string of the molecule is CCOc1ccc2nc(N(CCN(CC)CC)C(=O)c3nc4ccccc4s3)sc2c1.Cl. The summed E-state index contributed by atoms with van der Waals surface area (Å²) < 4.78 is 7.65. The van der Waals surface area contributed by atoms with Gasteiger partial charge in [0.1, 0.15) is 5.75 Å². The van der Waals surface area contributed by atoms with Crippen LogP contribution < -0.4 is 9.64 Å². The lowest BCUT2D eigenvalue weighted by Gasteiger charge is -2.24. The second kappa shape index (κ2) is 11.0. The fourth-order valence-electron chi connectivity index (χ4n) is 3.41. The van der Waals surface area contributed by atoms with Gasteiger partial charge < -0.3 is 9.64 Å². The number of benzene rings is 2. The third-order valence-corrected chi connectivity index (χ3v) is 7.21. The van der Waals surface area contributed by atoms with Gasteiger partial charge in [-0.3, -0.25) is 9.69 Å². The predicted molar refractivity (Wildman–Crippen MR) is 137 cm³/mol. The van der Waals surface area contributed by atoms with E-state index in [0.29, 0.717) is 23.3 Å². The topological polar surface area (TPSA) is 58.6 Å². The molecule has 1 amide bonds. The Morgan fingerprint density at radius 2 is 1.69 bits per heavy atom. The lowest BCUT2D eigenvalue weighted by molar-refractivity contribution is 0.0983. The first-order valence-corrected chi connectivity index (χ1v) is 12.2. The Morgan fingerprint density at radius 1 is 0.938 bits per heavy atom. The highest BCUT2D eigenvalue weighted by molar-refractivity contribution is 7.23. The molecule has 0 spiro atoms. The van der Waals surface area contributed by atoms with Crippen molar-refractivity contribution < 1.29 is 9.53 Å². The van der Waals surface area contributed by atoms with Crippen molar-refractivity contribution in [2.45, 2.75) is 20.8 Å². The molecule has 0 bridgehead atoms. The fraction of sp³-hybridized carbons (Fsp3) is 0.348. The van der Waals surface area contributed by atoms with E-state index in [9.17, 15) is 4.79 Å². The number of para-hydroxylation sites is 1. The zero-order chi connectivity index (χ0) is 21.8. The average molecular weight is 491 g/mol. The minimum atomic E-state index is -0.0996. The van der Waals surface area contributed by atoms with Gasteiger partial charge in [-0.2, -0.15) is 0 Å². The molecule has 0 saturated carbocycles. The minimum absolute atomic E-state index is 0. The van der Waals surface area contributed by atoms with Gasteiger partial charge in [-0.05, 0) is 50.3 Å². The number of likely N-dealkylation sites (N-methyl/N-ethyl adjacent to an activating group) is 1. The number of hydrogen-bond acceptors (Lipinski definition) is 7. The van der Waals surface area contributed by atoms with Crippen LogP contribution in [0.5, 0.6) is 5.75 Å². The second-order valence-electron chi connectivity index (χ2n) is 7.03. The molecule has 0 atom stereocenters. The number of ether oxygens (including phenoxy) is 1. The zero-order valence-electron chi connectivity index (χ0n) is 18.4. The number of hydrogen-bond donors (Lipinski definition) is 0. The maximum atomic E-state index is 13.5. The molecular formula is C23H27ClN4O2S2. The van der Waals surface area contributed by atoms with Crippen LogP contribution in [-0.2, 0) is 0 Å². The van der Waals surface area contributed by atoms with Gasteiger partial charge in [-0.1, -0.05) is 37.3 Å². The van der Waals surface area contributed by atoms with Gasteiger partial charge in [0, 0.05) is 13.1 Å². The number of carbonyl (C=O) groups excluding carboxylic acids is 1. The molecular weight excluding hydrogens is 464 g/mol. The van der Waals surface area contributed by atoms with E-state index < -0.39 is 0 Å². The molecule has 0 radical (unpaired) electrons. The number of aromatic nitrogens is 2. The number of anilines is 1. The molecule has 9 heteroatoms. The summed E-state index contributed by atoms with van der Waals surface area (Å²) in [7, 11) is 0. The third kappa shape index (κ3) is 5.20. The van der Waals surface area contributed by atoms with Gasteiger partial charge in [0.15, 0.2) is 10.1 Å². The van der Waals surface area contributed by atoms with Crippen LogP contribution in [0.15, 0.2) is 42.5 Å². The van der Waals surface area contributed by atoms with Crippen molar-refractivity contribution in [1.82, 2.24) is 14.9 Å². The first-order chi connectivity index (χ1) is 15.1. The van der Waals surface area contributed by atoms with E-state index in [-0.39, 0.29) is 18.3 Å². The standard InChI is InChI=1S/C23H26N4O2S2.ClH/c1-4-26(5-2)13-14-27(22(28)21-24-17-9-7-8-10-19(17)30-21)23-25-18-12-11-16(29-6-3)15-20(18)31-23;/h7-12,15H,4-6,13-14H2,1-3H3;1H. The van der Waals surface area contributed by atoms with Crippen LogP contribution in [0.2, 0.25) is 0 Å². The molecule has 0 aliphatic heterocycles. The van der Waals surface area contributed by atoms with Crippen molar-refractivity contribution in [2.24, 2.45) is 0 Å². The smallest absolute Gasteiger partial charge is 0.289 e. The summed E-state index contributed by atoms with van der Waals surface area (Å²) in [5, 5.41) is 1.19. The molecule has 0 N–H and O–H groups in total. The maximum Gasteiger partial charge on any atom is 0.289 e. The molecule has 6 nitrogen and oxygen atoms in total. The number of fused-ring (bicyclic) bond motifs is 2. The second-order valence-corrected chi connectivity index (χ2v) is 9.07. The Hall–Kier alpha value is -2.26. The molecule has 4 rings (SSSR count). The van der Waals surface area contributed by atoms with Gasteiger partial charge in [0.05, 0.1) is 27.0 Å². The summed E-state index contributed by atoms with van der Waals surface area (Å²) in [5.41, 5.74) is 1.72. The minimum Gasteiger partial charge on any atom is -0.494 e. The molecule has 2 aromatic carbocycles. The largest absolute Gasteiger partial charge is 0.494 e. The van der Waals surface area contributed by atoms with Crippen LogP contribution in [0.3, 0.4) is 0 Å². The maximum absolute atomic E-state index is 13.5. The summed E-state index contributed by atoms with van der Waals surface area (Å²) in [6.45, 7) is 10.1. The first-order valence-electron chi connectivity index (χ1n) is 10.6. The molecule has 32 heavy (non-hydrogen) atoms. The van der Waals surface area contributed by atoms with Crippen LogP contribution in [0.25, 0.3) is 20.4 Å². The number of rotatable bonds is 9. The van der Waals surface area contributed by atoms with E-state index in [2.05, 4.69) is 23.7 Å². The van der Waals surface area contributed by atoms with E-state index in [1.165, 1.54) is 22.7 Å². The van der Waals surface area contributed by atoms with Crippen LogP contribution in [0, 0.1) is 0 Å². The molecule has 2 aromatic heterocycles. The molecule has 0 saturated heterocycles. The van der Waals surface area contributed by atoms with Gasteiger partial charge in [0.25, 0.3) is 5.91 Å². The van der Waals surface area contributed by atoms with Crippen LogP contribution in [-0.4, -0.2) is 53.6 Å². The summed E-state index contributed by atoms with van der Waals surface area (Å²) in [6, 6.07) is 13.7. The number of nitrogens with zero attached hydrogens (tertiary/aromatic N) is 4. The highest BCUT2D eigenvalue weighted by Crippen LogP contribution is 2.33. The molecule has 0 fully saturated rings. The summed E-state index contributed by atoms with van der Waals surface area (Å²) in [5.74, 6) is 0.717. The predicted octanol–water partition coefficient (Wildman–Crippen LogP) is 5.72. The summed E-state index contributed by atoms with van der Waals surface area (Å²) in [4.78, 5) is 27.0. The van der Waals surface area contributed by atoms with Crippen LogP contribution in [0.4, 0.5) is 5.13 Å². The molecule has 170 valence electrons. The van der Waals surface area contributed by atoms with Crippen molar-refractivity contribution in [3.05, 3.63) is 47.5 Å². The Morgan fingerprint density at radius 3 is 2.41 bits per heavy atom. The van der Waals surface area contributed by atoms with E-state index in [4.69, 9.17) is 9.72 Å². The Balaban J connectivity index is 0.00000289. The van der Waals surface area contributed by atoms with Crippen LogP contribution in [0.1, 0.15) is 30.6 Å².